The molecule has 3 atom stereocenters. The van der Waals surface area contributed by atoms with Gasteiger partial charge in [0.1, 0.15) is 5.75 Å². The third-order valence-corrected chi connectivity index (χ3v) is 7.27. The van der Waals surface area contributed by atoms with Crippen molar-refractivity contribution < 1.29 is 14.3 Å². The van der Waals surface area contributed by atoms with E-state index < -0.39 is 0 Å². The maximum absolute atomic E-state index is 13.5. The second-order valence-electron chi connectivity index (χ2n) is 8.89. The summed E-state index contributed by atoms with van der Waals surface area (Å²) >= 11 is 0. The first-order valence-corrected chi connectivity index (χ1v) is 10.3. The van der Waals surface area contributed by atoms with Gasteiger partial charge < -0.3 is 14.5 Å². The molecule has 0 radical (unpaired) electrons. The molecular weight excluding hydrogens is 340 g/mol. The molecule has 2 amide bonds. The fraction of sp³-hybridized carbons (Fsp3) is 0.636. The molecule has 4 fully saturated rings. The number of hydrogen-bond acceptors (Lipinski definition) is 3. The highest BCUT2D eigenvalue weighted by Gasteiger charge is 2.55. The van der Waals surface area contributed by atoms with Gasteiger partial charge in [0.15, 0.2) is 0 Å². The van der Waals surface area contributed by atoms with Gasteiger partial charge in [0.2, 0.25) is 11.8 Å². The molecule has 144 valence electrons. The lowest BCUT2D eigenvalue weighted by atomic mass is 9.75. The van der Waals surface area contributed by atoms with Crippen molar-refractivity contribution in [1.82, 2.24) is 9.80 Å². The summed E-state index contributed by atoms with van der Waals surface area (Å²) < 4.78 is 5.26. The number of benzene rings is 1. The Balaban J connectivity index is 1.35. The van der Waals surface area contributed by atoms with Crippen molar-refractivity contribution in [3.63, 3.8) is 0 Å². The number of carbonyl (C=O) groups is 2. The number of amides is 2. The Morgan fingerprint density at radius 1 is 1.15 bits per heavy atom. The Labute approximate surface area is 160 Å². The molecule has 1 aliphatic carbocycles. The maximum atomic E-state index is 13.5. The standard InChI is InChI=1S/C22H28N2O3/c1-27-18-7-5-17(6-8-18)22(9-10-22)21(26)23-12-15-11-16(14-23)19-3-2-4-20(25)24(19)13-15/h5-8,15-16,19H,2-4,9-14H2,1H3/t15?,16?,19-/m1/s1. The van der Waals surface area contributed by atoms with Crippen molar-refractivity contribution in [2.45, 2.75) is 50.0 Å². The lowest BCUT2D eigenvalue weighted by molar-refractivity contribution is -0.149. The number of carbonyl (C=O) groups excluding carboxylic acids is 2. The molecule has 0 N–H and O–H groups in total. The largest absolute Gasteiger partial charge is 0.497 e. The molecule has 1 saturated carbocycles. The average molecular weight is 368 g/mol. The molecule has 5 heteroatoms. The molecular formula is C22H28N2O3. The molecule has 2 unspecified atom stereocenters. The molecule has 27 heavy (non-hydrogen) atoms. The highest BCUT2D eigenvalue weighted by molar-refractivity contribution is 5.91. The zero-order chi connectivity index (χ0) is 18.6. The van der Waals surface area contributed by atoms with Gasteiger partial charge in [0.25, 0.3) is 0 Å². The number of methoxy groups -OCH3 is 1. The molecule has 1 aromatic rings. The molecule has 0 aromatic heterocycles. The summed E-state index contributed by atoms with van der Waals surface area (Å²) in [6.07, 6.45) is 5.88. The quantitative estimate of drug-likeness (QED) is 0.824. The van der Waals surface area contributed by atoms with E-state index in [-0.39, 0.29) is 5.41 Å². The second-order valence-corrected chi connectivity index (χ2v) is 8.89. The van der Waals surface area contributed by atoms with Crippen LogP contribution in [0.15, 0.2) is 24.3 Å². The van der Waals surface area contributed by atoms with Gasteiger partial charge in [-0.2, -0.15) is 0 Å². The van der Waals surface area contributed by atoms with E-state index in [4.69, 9.17) is 4.74 Å². The normalized spacial score (nSPS) is 31.3. The molecule has 2 bridgehead atoms. The van der Waals surface area contributed by atoms with Gasteiger partial charge in [-0.05, 0) is 61.6 Å². The summed E-state index contributed by atoms with van der Waals surface area (Å²) in [6, 6.07) is 8.37. The van der Waals surface area contributed by atoms with Crippen molar-refractivity contribution in [3.05, 3.63) is 29.8 Å². The molecule has 0 spiro atoms. The van der Waals surface area contributed by atoms with Crippen molar-refractivity contribution >= 4 is 11.8 Å². The Bertz CT molecular complexity index is 755. The van der Waals surface area contributed by atoms with Gasteiger partial charge in [0, 0.05) is 32.1 Å². The molecule has 5 rings (SSSR count). The first-order valence-electron chi connectivity index (χ1n) is 10.3. The van der Waals surface area contributed by atoms with Crippen LogP contribution in [-0.2, 0) is 15.0 Å². The molecule has 3 aliphatic heterocycles. The Morgan fingerprint density at radius 3 is 2.63 bits per heavy atom. The van der Waals surface area contributed by atoms with Crippen LogP contribution in [0, 0.1) is 11.8 Å². The van der Waals surface area contributed by atoms with Gasteiger partial charge in [-0.3, -0.25) is 9.59 Å². The zero-order valence-corrected chi connectivity index (χ0v) is 16.0. The number of hydrogen-bond donors (Lipinski definition) is 0. The van der Waals surface area contributed by atoms with Gasteiger partial charge in [0.05, 0.1) is 12.5 Å². The minimum Gasteiger partial charge on any atom is -0.497 e. The van der Waals surface area contributed by atoms with Crippen LogP contribution < -0.4 is 4.74 Å². The number of likely N-dealkylation sites (tertiary alicyclic amines) is 1. The fourth-order valence-electron chi connectivity index (χ4n) is 5.74. The highest BCUT2D eigenvalue weighted by Crippen LogP contribution is 2.51. The summed E-state index contributed by atoms with van der Waals surface area (Å²) in [7, 11) is 1.67. The highest BCUT2D eigenvalue weighted by atomic mass is 16.5. The van der Waals surface area contributed by atoms with Crippen molar-refractivity contribution in [2.24, 2.45) is 11.8 Å². The van der Waals surface area contributed by atoms with Gasteiger partial charge in [-0.25, -0.2) is 0 Å². The molecule has 1 aromatic carbocycles. The van der Waals surface area contributed by atoms with Gasteiger partial charge >= 0.3 is 0 Å². The minimum absolute atomic E-state index is 0.304. The molecule has 3 heterocycles. The number of rotatable bonds is 3. The summed E-state index contributed by atoms with van der Waals surface area (Å²) in [6.45, 7) is 2.48. The summed E-state index contributed by atoms with van der Waals surface area (Å²) in [4.78, 5) is 30.1. The van der Waals surface area contributed by atoms with Crippen LogP contribution in [0.5, 0.6) is 5.75 Å². The van der Waals surface area contributed by atoms with Gasteiger partial charge in [-0.1, -0.05) is 12.1 Å². The predicted molar refractivity (Wildman–Crippen MR) is 101 cm³/mol. The van der Waals surface area contributed by atoms with Crippen LogP contribution in [0.2, 0.25) is 0 Å². The van der Waals surface area contributed by atoms with E-state index in [1.54, 1.807) is 7.11 Å². The Kier molecular flexibility index (Phi) is 3.95. The van der Waals surface area contributed by atoms with Crippen LogP contribution in [0.1, 0.15) is 44.1 Å². The van der Waals surface area contributed by atoms with Crippen molar-refractivity contribution in [2.75, 3.05) is 26.7 Å². The fourth-order valence-corrected chi connectivity index (χ4v) is 5.74. The lowest BCUT2D eigenvalue weighted by Crippen LogP contribution is -2.62. The number of nitrogens with zero attached hydrogens (tertiary/aromatic N) is 2. The molecule has 4 aliphatic rings. The lowest BCUT2D eigenvalue weighted by Gasteiger charge is -2.52. The minimum atomic E-state index is -0.319. The van der Waals surface area contributed by atoms with Crippen LogP contribution in [0.4, 0.5) is 0 Å². The van der Waals surface area contributed by atoms with E-state index in [0.29, 0.717) is 36.1 Å². The number of piperidine rings is 3. The Hall–Kier alpha value is -2.04. The van der Waals surface area contributed by atoms with Crippen LogP contribution >= 0.6 is 0 Å². The third-order valence-electron chi connectivity index (χ3n) is 7.27. The van der Waals surface area contributed by atoms with E-state index >= 15 is 0 Å². The third kappa shape index (κ3) is 2.74. The SMILES string of the molecule is COc1ccc(C2(C(=O)N3CC4CC(C3)[C@H]3CCCC(=O)N3C4)CC2)cc1. The first kappa shape index (κ1) is 17.1. The number of fused-ring (bicyclic) bond motifs is 4. The summed E-state index contributed by atoms with van der Waals surface area (Å²) in [5, 5.41) is 0. The maximum Gasteiger partial charge on any atom is 0.233 e. The summed E-state index contributed by atoms with van der Waals surface area (Å²) in [5.41, 5.74) is 0.804. The topological polar surface area (TPSA) is 49.9 Å². The van der Waals surface area contributed by atoms with Crippen molar-refractivity contribution in [3.8, 4) is 5.75 Å². The van der Waals surface area contributed by atoms with Crippen LogP contribution in [0.3, 0.4) is 0 Å². The van der Waals surface area contributed by atoms with Crippen LogP contribution in [0.25, 0.3) is 0 Å². The van der Waals surface area contributed by atoms with Gasteiger partial charge in [-0.15, -0.1) is 0 Å². The summed E-state index contributed by atoms with van der Waals surface area (Å²) in [5.74, 6) is 2.36. The number of ether oxygens (including phenoxy) is 1. The first-order chi connectivity index (χ1) is 13.1. The zero-order valence-electron chi connectivity index (χ0n) is 16.0. The molecule has 5 nitrogen and oxygen atoms in total. The smallest absolute Gasteiger partial charge is 0.233 e. The Morgan fingerprint density at radius 2 is 1.93 bits per heavy atom. The van der Waals surface area contributed by atoms with Crippen molar-refractivity contribution in [1.29, 1.82) is 0 Å². The van der Waals surface area contributed by atoms with E-state index in [0.717, 1.165) is 56.6 Å². The second kappa shape index (κ2) is 6.25. The van der Waals surface area contributed by atoms with Crippen LogP contribution in [-0.4, -0.2) is 54.4 Å². The average Bonchev–Trinajstić information content (AvgIpc) is 3.50. The van der Waals surface area contributed by atoms with E-state index in [9.17, 15) is 9.59 Å². The van der Waals surface area contributed by atoms with E-state index in [1.165, 1.54) is 6.42 Å². The predicted octanol–water partition coefficient (Wildman–Crippen LogP) is 2.59. The van der Waals surface area contributed by atoms with E-state index in [1.807, 2.05) is 12.1 Å². The molecule has 3 saturated heterocycles. The van der Waals surface area contributed by atoms with E-state index in [2.05, 4.69) is 21.9 Å². The monoisotopic (exact) mass is 368 g/mol.